The fraction of sp³-hybridized carbons (Fsp3) is 0.100. The Bertz CT molecular complexity index is 1100. The van der Waals surface area contributed by atoms with Crippen LogP contribution in [0, 0.1) is 0 Å². The number of hydrogen-bond acceptors (Lipinski definition) is 3. The summed E-state index contributed by atoms with van der Waals surface area (Å²) in [7, 11) is 1.49. The molecular weight excluding hydrogens is 403 g/mol. The van der Waals surface area contributed by atoms with Crippen LogP contribution in [0.25, 0.3) is 17.0 Å². The maximum Gasteiger partial charge on any atom is 0.293 e. The molecule has 4 nitrogen and oxygen atoms in total. The molecule has 3 aromatic rings. The van der Waals surface area contributed by atoms with E-state index in [0.29, 0.717) is 21.5 Å². The molecule has 0 saturated carbocycles. The van der Waals surface area contributed by atoms with Crippen molar-refractivity contribution in [2.24, 2.45) is 0 Å². The molecule has 2 heterocycles. The molecule has 2 aromatic carbocycles. The molecule has 0 aliphatic carbocycles. The van der Waals surface area contributed by atoms with E-state index in [1.165, 1.54) is 7.05 Å². The van der Waals surface area contributed by atoms with Crippen LogP contribution in [0.15, 0.2) is 53.6 Å². The Balaban J connectivity index is 1.81. The highest BCUT2D eigenvalue weighted by Gasteiger charge is 2.32. The lowest BCUT2D eigenvalue weighted by atomic mass is 10.1. The van der Waals surface area contributed by atoms with Gasteiger partial charge in [-0.2, -0.15) is 0 Å². The van der Waals surface area contributed by atoms with E-state index in [-0.39, 0.29) is 11.1 Å². The molecule has 7 heteroatoms. The molecule has 4 rings (SSSR count). The van der Waals surface area contributed by atoms with Gasteiger partial charge in [-0.3, -0.25) is 14.5 Å². The third-order valence-electron chi connectivity index (χ3n) is 4.48. The molecular formula is C20H14Cl2N2O2S. The largest absolute Gasteiger partial charge is 0.342 e. The van der Waals surface area contributed by atoms with Gasteiger partial charge in [-0.25, -0.2) is 0 Å². The van der Waals surface area contributed by atoms with Crippen molar-refractivity contribution < 1.29 is 9.59 Å². The number of amides is 2. The Labute approximate surface area is 170 Å². The topological polar surface area (TPSA) is 42.3 Å². The smallest absolute Gasteiger partial charge is 0.293 e. The first kappa shape index (κ1) is 18.2. The van der Waals surface area contributed by atoms with Gasteiger partial charge in [0.05, 0.1) is 11.4 Å². The lowest BCUT2D eigenvalue weighted by molar-refractivity contribution is -0.121. The average molecular weight is 417 g/mol. The van der Waals surface area contributed by atoms with Crippen molar-refractivity contribution >= 4 is 63.1 Å². The number of benzene rings is 2. The van der Waals surface area contributed by atoms with Crippen molar-refractivity contribution in [2.45, 2.75) is 6.54 Å². The monoisotopic (exact) mass is 416 g/mol. The van der Waals surface area contributed by atoms with Crippen molar-refractivity contribution in [3.05, 3.63) is 74.7 Å². The molecule has 1 aliphatic heterocycles. The van der Waals surface area contributed by atoms with Gasteiger partial charge in [0.1, 0.15) is 0 Å². The molecule has 0 spiro atoms. The summed E-state index contributed by atoms with van der Waals surface area (Å²) in [5, 5.41) is 1.93. The van der Waals surface area contributed by atoms with Crippen LogP contribution in [0.1, 0.15) is 11.1 Å². The first-order valence-corrected chi connectivity index (χ1v) is 9.75. The highest BCUT2D eigenvalue weighted by molar-refractivity contribution is 8.18. The van der Waals surface area contributed by atoms with Gasteiger partial charge in [0.15, 0.2) is 0 Å². The number of carbonyl (C=O) groups excluding carboxylic acids is 2. The summed E-state index contributed by atoms with van der Waals surface area (Å²) in [5.41, 5.74) is 2.70. The normalized spacial score (nSPS) is 16.1. The summed E-state index contributed by atoms with van der Waals surface area (Å²) in [5.74, 6) is -0.282. The molecule has 0 radical (unpaired) electrons. The molecule has 0 atom stereocenters. The Hall–Kier alpha value is -2.21. The van der Waals surface area contributed by atoms with E-state index in [9.17, 15) is 9.59 Å². The van der Waals surface area contributed by atoms with Crippen LogP contribution >= 0.6 is 35.0 Å². The predicted octanol–water partition coefficient (Wildman–Crippen LogP) is 5.66. The summed E-state index contributed by atoms with van der Waals surface area (Å²) in [6, 6.07) is 13.3. The molecule has 1 aliphatic rings. The minimum Gasteiger partial charge on any atom is -0.342 e. The zero-order chi connectivity index (χ0) is 19.1. The Kier molecular flexibility index (Phi) is 4.76. The first-order chi connectivity index (χ1) is 13.0. The van der Waals surface area contributed by atoms with Crippen LogP contribution in [-0.2, 0) is 11.3 Å². The number of carbonyl (C=O) groups is 2. The molecule has 0 N–H and O–H groups in total. The highest BCUT2D eigenvalue weighted by atomic mass is 35.5. The molecule has 1 saturated heterocycles. The van der Waals surface area contributed by atoms with Crippen molar-refractivity contribution in [1.29, 1.82) is 0 Å². The summed E-state index contributed by atoms with van der Waals surface area (Å²) in [6.07, 6.45) is 3.72. The maximum atomic E-state index is 12.2. The van der Waals surface area contributed by atoms with Crippen LogP contribution < -0.4 is 0 Å². The van der Waals surface area contributed by atoms with E-state index in [4.69, 9.17) is 23.2 Å². The van der Waals surface area contributed by atoms with Gasteiger partial charge in [0, 0.05) is 45.3 Å². The van der Waals surface area contributed by atoms with Gasteiger partial charge in [-0.05, 0) is 36.0 Å². The minimum absolute atomic E-state index is 0.266. The number of fused-ring (bicyclic) bond motifs is 1. The van der Waals surface area contributed by atoms with Crippen LogP contribution in [0.5, 0.6) is 0 Å². The number of halogens is 2. The summed E-state index contributed by atoms with van der Waals surface area (Å²) in [4.78, 5) is 25.5. The zero-order valence-corrected chi connectivity index (χ0v) is 16.6. The van der Waals surface area contributed by atoms with Gasteiger partial charge in [-0.1, -0.05) is 47.5 Å². The number of nitrogens with zero attached hydrogens (tertiary/aromatic N) is 2. The van der Waals surface area contributed by atoms with E-state index in [2.05, 4.69) is 0 Å². The second-order valence-electron chi connectivity index (χ2n) is 6.17. The number of likely N-dealkylation sites (N-methyl/N-ethyl adjacent to an activating group) is 1. The van der Waals surface area contributed by atoms with Gasteiger partial charge >= 0.3 is 0 Å². The molecule has 136 valence electrons. The second kappa shape index (κ2) is 7.08. The third kappa shape index (κ3) is 3.27. The Morgan fingerprint density at radius 2 is 1.74 bits per heavy atom. The second-order valence-corrected chi connectivity index (χ2v) is 7.98. The Morgan fingerprint density at radius 3 is 2.41 bits per heavy atom. The number of aromatic nitrogens is 1. The predicted molar refractivity (Wildman–Crippen MR) is 111 cm³/mol. The summed E-state index contributed by atoms with van der Waals surface area (Å²) >= 11 is 13.6. The molecule has 2 amide bonds. The lowest BCUT2D eigenvalue weighted by Crippen LogP contribution is -2.22. The molecule has 27 heavy (non-hydrogen) atoms. The first-order valence-electron chi connectivity index (χ1n) is 8.18. The highest BCUT2D eigenvalue weighted by Crippen LogP contribution is 2.34. The molecule has 1 fully saturated rings. The van der Waals surface area contributed by atoms with E-state index < -0.39 is 0 Å². The van der Waals surface area contributed by atoms with Gasteiger partial charge in [0.25, 0.3) is 11.1 Å². The van der Waals surface area contributed by atoms with Gasteiger partial charge in [0.2, 0.25) is 0 Å². The fourth-order valence-electron chi connectivity index (χ4n) is 3.06. The lowest BCUT2D eigenvalue weighted by Gasteiger charge is -2.09. The van der Waals surface area contributed by atoms with Gasteiger partial charge in [-0.15, -0.1) is 0 Å². The van der Waals surface area contributed by atoms with Gasteiger partial charge < -0.3 is 4.57 Å². The molecule has 0 bridgehead atoms. The van der Waals surface area contributed by atoms with E-state index in [0.717, 1.165) is 38.7 Å². The van der Waals surface area contributed by atoms with Crippen LogP contribution in [-0.4, -0.2) is 27.7 Å². The third-order valence-corrected chi connectivity index (χ3v) is 6.15. The van der Waals surface area contributed by atoms with Crippen LogP contribution in [0.2, 0.25) is 10.0 Å². The van der Waals surface area contributed by atoms with Crippen molar-refractivity contribution in [1.82, 2.24) is 9.47 Å². The van der Waals surface area contributed by atoms with E-state index in [1.807, 2.05) is 53.2 Å². The number of hydrogen-bond donors (Lipinski definition) is 0. The van der Waals surface area contributed by atoms with E-state index >= 15 is 0 Å². The maximum absolute atomic E-state index is 12.2. The quantitative estimate of drug-likeness (QED) is 0.517. The SMILES string of the molecule is CN1C(=O)S/C(=C\c2cn(Cc3c(Cl)cccc3Cl)c3ccccc23)C1=O. The number of imide groups is 1. The standard InChI is InChI=1S/C20H14Cl2N2O2S/c1-23-19(25)18(27-20(23)26)9-12-10-24(17-8-3-2-5-13(12)17)11-14-15(21)6-4-7-16(14)22/h2-10H,11H2,1H3/b18-9-. The number of thioether (sulfide) groups is 1. The van der Waals surface area contributed by atoms with Crippen LogP contribution in [0.3, 0.4) is 0 Å². The molecule has 1 aromatic heterocycles. The zero-order valence-electron chi connectivity index (χ0n) is 14.3. The summed E-state index contributed by atoms with van der Waals surface area (Å²) in [6.45, 7) is 0.502. The van der Waals surface area contributed by atoms with Crippen LogP contribution in [0.4, 0.5) is 4.79 Å². The van der Waals surface area contributed by atoms with Crippen molar-refractivity contribution in [3.63, 3.8) is 0 Å². The Morgan fingerprint density at radius 1 is 1.04 bits per heavy atom. The van der Waals surface area contributed by atoms with Crippen molar-refractivity contribution in [2.75, 3.05) is 7.05 Å². The average Bonchev–Trinajstić information content (AvgIpc) is 3.11. The number of para-hydroxylation sites is 1. The fourth-order valence-corrected chi connectivity index (χ4v) is 4.40. The summed E-state index contributed by atoms with van der Waals surface area (Å²) < 4.78 is 2.05. The van der Waals surface area contributed by atoms with E-state index in [1.54, 1.807) is 6.08 Å². The number of rotatable bonds is 3. The molecule has 0 unspecified atom stereocenters. The van der Waals surface area contributed by atoms with Crippen molar-refractivity contribution in [3.8, 4) is 0 Å². The minimum atomic E-state index is -0.282.